The van der Waals surface area contributed by atoms with Gasteiger partial charge in [-0.25, -0.2) is 8.78 Å². The summed E-state index contributed by atoms with van der Waals surface area (Å²) in [6, 6.07) is 0. The zero-order valence-electron chi connectivity index (χ0n) is 8.88. The van der Waals surface area contributed by atoms with E-state index in [1.54, 1.807) is 0 Å². The molecule has 0 aromatic heterocycles. The van der Waals surface area contributed by atoms with Crippen molar-refractivity contribution in [3.05, 3.63) is 0 Å². The third kappa shape index (κ3) is 4.33. The van der Waals surface area contributed by atoms with Gasteiger partial charge in [-0.15, -0.1) is 0 Å². The fourth-order valence-electron chi connectivity index (χ4n) is 1.77. The molecule has 0 atom stereocenters. The number of hydrogen-bond donors (Lipinski definition) is 0. The van der Waals surface area contributed by atoms with Gasteiger partial charge >= 0.3 is 0 Å². The molecule has 1 rings (SSSR count). The van der Waals surface area contributed by atoms with Gasteiger partial charge in [0.2, 0.25) is 0 Å². The molecule has 1 fully saturated rings. The molecule has 14 heavy (non-hydrogen) atoms. The second kappa shape index (κ2) is 6.30. The lowest BCUT2D eigenvalue weighted by atomic mass is 10.2. The van der Waals surface area contributed by atoms with Crippen LogP contribution >= 0.6 is 0 Å². The van der Waals surface area contributed by atoms with Crippen molar-refractivity contribution in [1.29, 1.82) is 0 Å². The smallest absolute Gasteiger partial charge is 0.251 e. The largest absolute Gasteiger partial charge is 0.301 e. The van der Waals surface area contributed by atoms with E-state index >= 15 is 0 Å². The number of rotatable bonds is 5. The van der Waals surface area contributed by atoms with Crippen LogP contribution in [0.15, 0.2) is 0 Å². The lowest BCUT2D eigenvalue weighted by molar-refractivity contribution is 0.0560. The minimum Gasteiger partial charge on any atom is -0.301 e. The molecule has 0 amide bonds. The van der Waals surface area contributed by atoms with Gasteiger partial charge in [0.05, 0.1) is 6.54 Å². The van der Waals surface area contributed by atoms with Crippen LogP contribution in [-0.4, -0.2) is 55.5 Å². The van der Waals surface area contributed by atoms with Gasteiger partial charge in [0.25, 0.3) is 6.43 Å². The Labute approximate surface area is 84.9 Å². The van der Waals surface area contributed by atoms with Crippen LogP contribution in [0.5, 0.6) is 0 Å². The summed E-state index contributed by atoms with van der Waals surface area (Å²) in [6.07, 6.45) is 0.240. The Morgan fingerprint density at radius 2 is 1.64 bits per heavy atom. The van der Waals surface area contributed by atoms with Gasteiger partial charge < -0.3 is 4.90 Å². The summed E-state index contributed by atoms with van der Waals surface area (Å²) in [4.78, 5) is 4.22. The summed E-state index contributed by atoms with van der Waals surface area (Å²) in [5.41, 5.74) is 0. The van der Waals surface area contributed by atoms with E-state index in [2.05, 4.69) is 11.8 Å². The van der Waals surface area contributed by atoms with E-state index in [4.69, 9.17) is 0 Å². The molecule has 0 radical (unpaired) electrons. The summed E-state index contributed by atoms with van der Waals surface area (Å²) < 4.78 is 24.1. The third-order valence-corrected chi connectivity index (χ3v) is 2.69. The molecule has 0 aromatic rings. The van der Waals surface area contributed by atoms with Crippen molar-refractivity contribution in [2.75, 3.05) is 39.3 Å². The molecule has 0 aliphatic carbocycles. The fraction of sp³-hybridized carbons (Fsp3) is 1.00. The van der Waals surface area contributed by atoms with E-state index in [1.165, 1.54) is 12.8 Å². The highest BCUT2D eigenvalue weighted by Crippen LogP contribution is 2.05. The number of unbranched alkanes of at least 4 members (excludes halogenated alkanes) is 1. The lowest BCUT2D eigenvalue weighted by Crippen LogP contribution is -2.47. The third-order valence-electron chi connectivity index (χ3n) is 2.69. The van der Waals surface area contributed by atoms with Crippen molar-refractivity contribution >= 4 is 0 Å². The Kier molecular flexibility index (Phi) is 5.33. The Morgan fingerprint density at radius 3 is 2.14 bits per heavy atom. The normalized spacial score (nSPS) is 20.6. The van der Waals surface area contributed by atoms with Crippen molar-refractivity contribution in [3.8, 4) is 0 Å². The summed E-state index contributed by atoms with van der Waals surface area (Å²) in [5.74, 6) is 0. The highest BCUT2D eigenvalue weighted by molar-refractivity contribution is 4.72. The first-order valence-corrected chi connectivity index (χ1v) is 5.45. The maximum atomic E-state index is 12.1. The average molecular weight is 206 g/mol. The molecule has 0 unspecified atom stereocenters. The summed E-state index contributed by atoms with van der Waals surface area (Å²) >= 11 is 0. The van der Waals surface area contributed by atoms with Crippen LogP contribution in [0, 0.1) is 0 Å². The molecule has 1 aliphatic heterocycles. The minimum absolute atomic E-state index is 0.0540. The topological polar surface area (TPSA) is 6.48 Å². The molecule has 84 valence electrons. The number of hydrogen-bond acceptors (Lipinski definition) is 2. The highest BCUT2D eigenvalue weighted by Gasteiger charge is 2.18. The molecular weight excluding hydrogens is 186 g/mol. The quantitative estimate of drug-likeness (QED) is 0.675. The number of alkyl halides is 2. The lowest BCUT2D eigenvalue weighted by Gasteiger charge is -2.34. The van der Waals surface area contributed by atoms with Gasteiger partial charge in [-0.2, -0.15) is 0 Å². The molecule has 1 aliphatic rings. The Hall–Kier alpha value is -0.220. The van der Waals surface area contributed by atoms with E-state index in [0.717, 1.165) is 32.7 Å². The molecule has 0 N–H and O–H groups in total. The van der Waals surface area contributed by atoms with Gasteiger partial charge in [-0.05, 0) is 13.0 Å². The first-order valence-electron chi connectivity index (χ1n) is 5.45. The van der Waals surface area contributed by atoms with E-state index in [-0.39, 0.29) is 6.54 Å². The van der Waals surface area contributed by atoms with Crippen LogP contribution in [0.25, 0.3) is 0 Å². The summed E-state index contributed by atoms with van der Waals surface area (Å²) in [6.45, 7) is 6.75. The zero-order chi connectivity index (χ0) is 10.4. The van der Waals surface area contributed by atoms with Gasteiger partial charge in [0.1, 0.15) is 0 Å². The fourth-order valence-corrected chi connectivity index (χ4v) is 1.77. The van der Waals surface area contributed by atoms with Crippen LogP contribution in [0.1, 0.15) is 19.8 Å². The van der Waals surface area contributed by atoms with Crippen molar-refractivity contribution in [2.45, 2.75) is 26.2 Å². The predicted molar refractivity (Wildman–Crippen MR) is 53.8 cm³/mol. The maximum absolute atomic E-state index is 12.1. The van der Waals surface area contributed by atoms with Crippen LogP contribution in [-0.2, 0) is 0 Å². The number of nitrogens with zero attached hydrogens (tertiary/aromatic N) is 2. The number of halogens is 2. The van der Waals surface area contributed by atoms with Gasteiger partial charge in [-0.3, -0.25) is 4.90 Å². The first kappa shape index (κ1) is 11.9. The number of piperazine rings is 1. The SMILES string of the molecule is CCCCN1CCN(CC(F)F)CC1. The van der Waals surface area contributed by atoms with Crippen molar-refractivity contribution in [3.63, 3.8) is 0 Å². The Bertz CT molecular complexity index is 145. The van der Waals surface area contributed by atoms with Crippen molar-refractivity contribution < 1.29 is 8.78 Å². The Morgan fingerprint density at radius 1 is 1.07 bits per heavy atom. The molecule has 2 nitrogen and oxygen atoms in total. The van der Waals surface area contributed by atoms with E-state index in [0.29, 0.717) is 0 Å². The van der Waals surface area contributed by atoms with E-state index < -0.39 is 6.43 Å². The van der Waals surface area contributed by atoms with Crippen LogP contribution in [0.4, 0.5) is 8.78 Å². The van der Waals surface area contributed by atoms with Crippen LogP contribution in [0.3, 0.4) is 0 Å². The zero-order valence-corrected chi connectivity index (χ0v) is 8.88. The van der Waals surface area contributed by atoms with Gasteiger partial charge in [0, 0.05) is 26.2 Å². The molecule has 0 aromatic carbocycles. The van der Waals surface area contributed by atoms with E-state index in [9.17, 15) is 8.78 Å². The molecular formula is C10H20F2N2. The monoisotopic (exact) mass is 206 g/mol. The van der Waals surface area contributed by atoms with Crippen molar-refractivity contribution in [1.82, 2.24) is 9.80 Å². The molecule has 0 bridgehead atoms. The average Bonchev–Trinajstić information content (AvgIpc) is 2.16. The second-order valence-corrected chi connectivity index (χ2v) is 3.89. The Balaban J connectivity index is 2.11. The summed E-state index contributed by atoms with van der Waals surface area (Å²) in [5, 5.41) is 0. The molecule has 0 saturated carbocycles. The first-order chi connectivity index (χ1) is 6.72. The molecule has 1 heterocycles. The molecule has 4 heteroatoms. The highest BCUT2D eigenvalue weighted by atomic mass is 19.3. The standard InChI is InChI=1S/C10H20F2N2/c1-2-3-4-13-5-7-14(8-6-13)9-10(11)12/h10H,2-9H2,1H3. The summed E-state index contributed by atoms with van der Waals surface area (Å²) in [7, 11) is 0. The van der Waals surface area contributed by atoms with Gasteiger partial charge in [-0.1, -0.05) is 13.3 Å². The van der Waals surface area contributed by atoms with Crippen LogP contribution < -0.4 is 0 Å². The van der Waals surface area contributed by atoms with Gasteiger partial charge in [0.15, 0.2) is 0 Å². The maximum Gasteiger partial charge on any atom is 0.251 e. The predicted octanol–water partition coefficient (Wildman–Crippen LogP) is 1.67. The van der Waals surface area contributed by atoms with Crippen molar-refractivity contribution in [2.24, 2.45) is 0 Å². The molecule has 1 saturated heterocycles. The van der Waals surface area contributed by atoms with E-state index in [1.807, 2.05) is 4.90 Å². The molecule has 0 spiro atoms. The minimum atomic E-state index is -2.18. The van der Waals surface area contributed by atoms with Crippen LogP contribution in [0.2, 0.25) is 0 Å². The second-order valence-electron chi connectivity index (χ2n) is 3.89.